The fourth-order valence-electron chi connectivity index (χ4n) is 2.87. The Labute approximate surface area is 157 Å². The van der Waals surface area contributed by atoms with Gasteiger partial charge >= 0.3 is 0 Å². The van der Waals surface area contributed by atoms with Gasteiger partial charge in [-0.15, -0.1) is 0 Å². The molecular formula is C17H17ClN4O3S. The third-order valence-corrected chi connectivity index (χ3v) is 5.90. The lowest BCUT2D eigenvalue weighted by Crippen LogP contribution is -2.39. The minimum absolute atomic E-state index is 0.120. The van der Waals surface area contributed by atoms with E-state index in [1.165, 1.54) is 24.5 Å². The number of halogens is 1. The number of benzene rings is 1. The van der Waals surface area contributed by atoms with Gasteiger partial charge in [0, 0.05) is 23.5 Å². The number of nitriles is 1. The summed E-state index contributed by atoms with van der Waals surface area (Å²) in [6, 6.07) is 7.95. The predicted molar refractivity (Wildman–Crippen MR) is 95.2 cm³/mol. The minimum atomic E-state index is -3.61. The van der Waals surface area contributed by atoms with E-state index in [0.717, 1.165) is 0 Å². The van der Waals surface area contributed by atoms with Crippen LogP contribution in [0.3, 0.4) is 0 Å². The summed E-state index contributed by atoms with van der Waals surface area (Å²) in [5.74, 6) is 0.220. The number of nitrogens with zero attached hydrogens (tertiary/aromatic N) is 3. The first-order chi connectivity index (χ1) is 12.5. The van der Waals surface area contributed by atoms with Gasteiger partial charge in [-0.1, -0.05) is 17.7 Å². The molecule has 0 spiro atoms. The normalized spacial score (nSPS) is 20.3. The second-order valence-corrected chi connectivity index (χ2v) is 8.14. The molecule has 3 rings (SSSR count). The maximum Gasteiger partial charge on any atom is 0.251 e. The second kappa shape index (κ2) is 7.99. The van der Waals surface area contributed by atoms with Crippen LogP contribution in [0.25, 0.3) is 0 Å². The largest absolute Gasteiger partial charge is 0.472 e. The van der Waals surface area contributed by atoms with Crippen molar-refractivity contribution in [2.75, 3.05) is 0 Å². The highest BCUT2D eigenvalue weighted by atomic mass is 35.5. The van der Waals surface area contributed by atoms with E-state index in [0.29, 0.717) is 30.7 Å². The van der Waals surface area contributed by atoms with Gasteiger partial charge in [-0.3, -0.25) is 0 Å². The Morgan fingerprint density at radius 3 is 2.62 bits per heavy atom. The van der Waals surface area contributed by atoms with Crippen molar-refractivity contribution < 1.29 is 13.2 Å². The summed E-state index contributed by atoms with van der Waals surface area (Å²) in [7, 11) is -3.61. The Morgan fingerprint density at radius 2 is 1.92 bits per heavy atom. The van der Waals surface area contributed by atoms with Crippen LogP contribution in [-0.2, 0) is 10.0 Å². The van der Waals surface area contributed by atoms with E-state index in [1.807, 2.05) is 6.07 Å². The molecule has 0 radical (unpaired) electrons. The zero-order valence-electron chi connectivity index (χ0n) is 13.8. The van der Waals surface area contributed by atoms with E-state index in [1.54, 1.807) is 12.1 Å². The number of aromatic nitrogens is 2. The first-order valence-electron chi connectivity index (χ1n) is 8.13. The second-order valence-electron chi connectivity index (χ2n) is 5.99. The van der Waals surface area contributed by atoms with E-state index in [9.17, 15) is 8.42 Å². The number of sulfonamides is 1. The van der Waals surface area contributed by atoms with Gasteiger partial charge < -0.3 is 4.74 Å². The van der Waals surface area contributed by atoms with Crippen LogP contribution < -0.4 is 9.46 Å². The summed E-state index contributed by atoms with van der Waals surface area (Å²) in [4.78, 5) is 8.11. The number of nitrogens with one attached hydrogen (secondary N) is 1. The van der Waals surface area contributed by atoms with Crippen molar-refractivity contribution in [3.05, 3.63) is 47.4 Å². The van der Waals surface area contributed by atoms with Crippen molar-refractivity contribution in [1.29, 1.82) is 5.26 Å². The quantitative estimate of drug-likeness (QED) is 0.838. The number of rotatable bonds is 5. The van der Waals surface area contributed by atoms with Gasteiger partial charge in [0.25, 0.3) is 5.88 Å². The molecule has 136 valence electrons. The molecule has 7 nitrogen and oxygen atoms in total. The highest BCUT2D eigenvalue weighted by Crippen LogP contribution is 2.25. The van der Waals surface area contributed by atoms with Gasteiger partial charge in [0.2, 0.25) is 15.7 Å². The highest BCUT2D eigenvalue weighted by molar-refractivity contribution is 7.89. The zero-order chi connectivity index (χ0) is 18.6. The summed E-state index contributed by atoms with van der Waals surface area (Å²) < 4.78 is 33.4. The molecule has 0 atom stereocenters. The molecule has 0 bridgehead atoms. The van der Waals surface area contributed by atoms with Crippen LogP contribution >= 0.6 is 11.6 Å². The van der Waals surface area contributed by atoms with E-state index in [4.69, 9.17) is 21.6 Å². The van der Waals surface area contributed by atoms with Crippen molar-refractivity contribution in [2.45, 2.75) is 42.7 Å². The molecule has 1 aliphatic carbocycles. The smallest absolute Gasteiger partial charge is 0.251 e. The van der Waals surface area contributed by atoms with E-state index < -0.39 is 10.0 Å². The minimum Gasteiger partial charge on any atom is -0.472 e. The Hall–Kier alpha value is -2.21. The molecule has 26 heavy (non-hydrogen) atoms. The predicted octanol–water partition coefficient (Wildman–Crippen LogP) is 2.67. The fourth-order valence-corrected chi connectivity index (χ4v) is 4.47. The average Bonchev–Trinajstić information content (AvgIpc) is 2.63. The number of hydrogen-bond donors (Lipinski definition) is 1. The molecule has 1 fully saturated rings. The lowest BCUT2D eigenvalue weighted by Gasteiger charge is -2.29. The molecule has 1 aromatic carbocycles. The van der Waals surface area contributed by atoms with Crippen LogP contribution in [0.2, 0.25) is 5.02 Å². The highest BCUT2D eigenvalue weighted by Gasteiger charge is 2.27. The monoisotopic (exact) mass is 392 g/mol. The van der Waals surface area contributed by atoms with Crippen LogP contribution in [0.4, 0.5) is 0 Å². The van der Waals surface area contributed by atoms with Crippen LogP contribution in [0.15, 0.2) is 41.6 Å². The molecule has 2 aromatic rings. The van der Waals surface area contributed by atoms with Crippen LogP contribution in [0.5, 0.6) is 5.88 Å². The van der Waals surface area contributed by atoms with Gasteiger partial charge in [0.15, 0.2) is 0 Å². The average molecular weight is 393 g/mol. The lowest BCUT2D eigenvalue weighted by atomic mass is 9.94. The SMILES string of the molecule is N#Cc1nccnc1OC1CCC(NS(=O)(=O)c2cccc(Cl)c2)CC1. The summed E-state index contributed by atoms with van der Waals surface area (Å²) in [5.41, 5.74) is 0.149. The Kier molecular flexibility index (Phi) is 5.71. The summed E-state index contributed by atoms with van der Waals surface area (Å²) >= 11 is 5.87. The Morgan fingerprint density at radius 1 is 1.19 bits per heavy atom. The molecule has 1 heterocycles. The molecule has 0 saturated heterocycles. The van der Waals surface area contributed by atoms with Crippen molar-refractivity contribution in [1.82, 2.24) is 14.7 Å². The Balaban J connectivity index is 1.58. The van der Waals surface area contributed by atoms with Gasteiger partial charge in [-0.2, -0.15) is 5.26 Å². The first-order valence-corrected chi connectivity index (χ1v) is 10.00. The summed E-state index contributed by atoms with van der Waals surface area (Å²) in [6.45, 7) is 0. The maximum absolute atomic E-state index is 12.5. The lowest BCUT2D eigenvalue weighted by molar-refractivity contribution is 0.137. The summed E-state index contributed by atoms with van der Waals surface area (Å²) in [5, 5.41) is 9.40. The van der Waals surface area contributed by atoms with E-state index in [-0.39, 0.29) is 28.6 Å². The van der Waals surface area contributed by atoms with Crippen LogP contribution in [-0.4, -0.2) is 30.5 Å². The Bertz CT molecular complexity index is 922. The topological polar surface area (TPSA) is 105 Å². The van der Waals surface area contributed by atoms with Gasteiger partial charge in [0.1, 0.15) is 12.2 Å². The number of ether oxygens (including phenoxy) is 1. The molecule has 1 saturated carbocycles. The van der Waals surface area contributed by atoms with Gasteiger partial charge in [-0.05, 0) is 43.9 Å². The number of hydrogen-bond acceptors (Lipinski definition) is 6. The third-order valence-electron chi connectivity index (χ3n) is 4.15. The van der Waals surface area contributed by atoms with E-state index >= 15 is 0 Å². The van der Waals surface area contributed by atoms with Crippen molar-refractivity contribution in [2.24, 2.45) is 0 Å². The fraction of sp³-hybridized carbons (Fsp3) is 0.353. The molecule has 1 aliphatic rings. The standard InChI is InChI=1S/C17H17ClN4O3S/c18-12-2-1-3-15(10-12)26(23,24)22-13-4-6-14(7-5-13)25-17-16(11-19)20-8-9-21-17/h1-3,8-10,13-14,22H,4-7H2. The molecule has 0 amide bonds. The molecule has 1 N–H and O–H groups in total. The molecule has 0 aliphatic heterocycles. The maximum atomic E-state index is 12.5. The molecule has 1 aromatic heterocycles. The van der Waals surface area contributed by atoms with Gasteiger partial charge in [0.05, 0.1) is 4.90 Å². The molecule has 0 unspecified atom stereocenters. The van der Waals surface area contributed by atoms with Crippen molar-refractivity contribution in [3.8, 4) is 11.9 Å². The van der Waals surface area contributed by atoms with Gasteiger partial charge in [-0.25, -0.2) is 23.1 Å². The van der Waals surface area contributed by atoms with Crippen LogP contribution in [0.1, 0.15) is 31.4 Å². The van der Waals surface area contributed by atoms with Crippen molar-refractivity contribution in [3.63, 3.8) is 0 Å². The zero-order valence-corrected chi connectivity index (χ0v) is 15.4. The molecular weight excluding hydrogens is 376 g/mol. The van der Waals surface area contributed by atoms with Crippen LogP contribution in [0, 0.1) is 11.3 Å². The molecule has 9 heteroatoms. The first kappa shape index (κ1) is 18.6. The summed E-state index contributed by atoms with van der Waals surface area (Å²) in [6.07, 6.45) is 5.37. The van der Waals surface area contributed by atoms with E-state index in [2.05, 4.69) is 14.7 Å². The van der Waals surface area contributed by atoms with Crippen molar-refractivity contribution >= 4 is 21.6 Å². The third kappa shape index (κ3) is 4.49.